The van der Waals surface area contributed by atoms with Crippen LogP contribution in [0.1, 0.15) is 31.9 Å². The molecule has 2 amide bonds. The predicted octanol–water partition coefficient (Wildman–Crippen LogP) is 4.22. The fourth-order valence-electron chi connectivity index (χ4n) is 2.79. The van der Waals surface area contributed by atoms with E-state index >= 15 is 0 Å². The maximum atomic E-state index is 13.0. The predicted molar refractivity (Wildman–Crippen MR) is 116 cm³/mol. The summed E-state index contributed by atoms with van der Waals surface area (Å²) in [6.45, 7) is 8.51. The fraction of sp³-hybridized carbons (Fsp3) is 0.391. The number of rotatable bonds is 9. The highest BCUT2D eigenvalue weighted by Crippen LogP contribution is 2.18. The summed E-state index contributed by atoms with van der Waals surface area (Å²) in [5.74, 6) is 0.403. The summed E-state index contributed by atoms with van der Waals surface area (Å²) in [6.07, 6.45) is 0. The lowest BCUT2D eigenvalue weighted by Crippen LogP contribution is -2.49. The summed E-state index contributed by atoms with van der Waals surface area (Å²) >= 11 is 5.97. The molecule has 2 aromatic carbocycles. The molecule has 0 heterocycles. The van der Waals surface area contributed by atoms with E-state index in [1.54, 1.807) is 36.1 Å². The minimum Gasteiger partial charge on any atom is -0.484 e. The monoisotopic (exact) mass is 416 g/mol. The van der Waals surface area contributed by atoms with Gasteiger partial charge in [0, 0.05) is 18.1 Å². The third-order valence-corrected chi connectivity index (χ3v) is 4.85. The molecule has 156 valence electrons. The van der Waals surface area contributed by atoms with Crippen molar-refractivity contribution in [3.63, 3.8) is 0 Å². The van der Waals surface area contributed by atoms with Crippen molar-refractivity contribution in [2.24, 2.45) is 5.92 Å². The fourth-order valence-corrected chi connectivity index (χ4v) is 2.97. The molecule has 0 aliphatic heterocycles. The zero-order valence-corrected chi connectivity index (χ0v) is 18.2. The van der Waals surface area contributed by atoms with E-state index in [2.05, 4.69) is 5.32 Å². The van der Waals surface area contributed by atoms with E-state index in [1.165, 1.54) is 0 Å². The van der Waals surface area contributed by atoms with Gasteiger partial charge in [0.25, 0.3) is 5.91 Å². The summed E-state index contributed by atoms with van der Waals surface area (Å²) < 4.78 is 5.62. The van der Waals surface area contributed by atoms with Crippen LogP contribution in [0.4, 0.5) is 0 Å². The lowest BCUT2D eigenvalue weighted by Gasteiger charge is -2.29. The summed E-state index contributed by atoms with van der Waals surface area (Å²) in [6, 6.07) is 14.1. The molecule has 0 fully saturated rings. The smallest absolute Gasteiger partial charge is 0.261 e. The number of halogens is 1. The van der Waals surface area contributed by atoms with Crippen LogP contribution in [-0.2, 0) is 16.1 Å². The van der Waals surface area contributed by atoms with E-state index < -0.39 is 6.04 Å². The largest absolute Gasteiger partial charge is 0.484 e. The Morgan fingerprint density at radius 1 is 1.10 bits per heavy atom. The van der Waals surface area contributed by atoms with Crippen LogP contribution in [-0.4, -0.2) is 35.9 Å². The van der Waals surface area contributed by atoms with Gasteiger partial charge >= 0.3 is 0 Å². The van der Waals surface area contributed by atoms with Crippen LogP contribution in [0.5, 0.6) is 5.75 Å². The minimum absolute atomic E-state index is 0.173. The lowest BCUT2D eigenvalue weighted by molar-refractivity contribution is -0.142. The first-order valence-corrected chi connectivity index (χ1v) is 10.2. The zero-order chi connectivity index (χ0) is 21.4. The third-order valence-electron chi connectivity index (χ3n) is 4.61. The van der Waals surface area contributed by atoms with Gasteiger partial charge in [0.15, 0.2) is 6.61 Å². The highest BCUT2D eigenvalue weighted by Gasteiger charge is 2.27. The molecular formula is C23H29ClN2O3. The molecule has 0 aliphatic rings. The van der Waals surface area contributed by atoms with Gasteiger partial charge in [0.05, 0.1) is 0 Å². The molecule has 29 heavy (non-hydrogen) atoms. The molecule has 1 atom stereocenters. The maximum absolute atomic E-state index is 13.0. The Labute approximate surface area is 178 Å². The van der Waals surface area contributed by atoms with Crippen LogP contribution in [0.25, 0.3) is 0 Å². The Bertz CT molecular complexity index is 838. The molecule has 0 radical (unpaired) electrons. The van der Waals surface area contributed by atoms with E-state index in [9.17, 15) is 9.59 Å². The zero-order valence-electron chi connectivity index (χ0n) is 17.4. The van der Waals surface area contributed by atoms with E-state index in [0.717, 1.165) is 11.1 Å². The first kappa shape index (κ1) is 22.8. The van der Waals surface area contributed by atoms with Crippen LogP contribution < -0.4 is 10.1 Å². The average Bonchev–Trinajstić information content (AvgIpc) is 2.69. The average molecular weight is 417 g/mol. The first-order chi connectivity index (χ1) is 13.8. The van der Waals surface area contributed by atoms with Crippen molar-refractivity contribution in [2.75, 3.05) is 13.2 Å². The number of ether oxygens (including phenoxy) is 1. The molecule has 0 spiro atoms. The van der Waals surface area contributed by atoms with Crippen LogP contribution in [0.3, 0.4) is 0 Å². The number of carbonyl (C=O) groups excluding carboxylic acids is 2. The number of carbonyl (C=O) groups is 2. The van der Waals surface area contributed by atoms with Crippen molar-refractivity contribution in [1.82, 2.24) is 10.2 Å². The molecule has 1 N–H and O–H groups in total. The van der Waals surface area contributed by atoms with Crippen LogP contribution >= 0.6 is 11.6 Å². The van der Waals surface area contributed by atoms with Gasteiger partial charge in [-0.25, -0.2) is 0 Å². The summed E-state index contributed by atoms with van der Waals surface area (Å²) in [5, 5.41) is 3.44. The summed E-state index contributed by atoms with van der Waals surface area (Å²) in [4.78, 5) is 27.2. The third kappa shape index (κ3) is 7.09. The van der Waals surface area contributed by atoms with Crippen molar-refractivity contribution < 1.29 is 14.3 Å². The highest BCUT2D eigenvalue weighted by atomic mass is 35.5. The minimum atomic E-state index is -0.621. The number of nitrogens with one attached hydrogen (secondary N) is 1. The topological polar surface area (TPSA) is 58.6 Å². The van der Waals surface area contributed by atoms with Crippen molar-refractivity contribution >= 4 is 23.4 Å². The molecule has 2 aromatic rings. The number of benzene rings is 2. The molecule has 0 aliphatic carbocycles. The second-order valence-corrected chi connectivity index (χ2v) is 7.95. The molecule has 0 saturated heterocycles. The molecule has 0 unspecified atom stereocenters. The maximum Gasteiger partial charge on any atom is 0.261 e. The Morgan fingerprint density at radius 3 is 2.48 bits per heavy atom. The summed E-state index contributed by atoms with van der Waals surface area (Å²) in [7, 11) is 0. The Morgan fingerprint density at radius 2 is 1.83 bits per heavy atom. The van der Waals surface area contributed by atoms with Gasteiger partial charge in [-0.05, 0) is 49.1 Å². The van der Waals surface area contributed by atoms with Crippen LogP contribution in [0.2, 0.25) is 5.02 Å². The molecule has 6 heteroatoms. The number of hydrogen-bond donors (Lipinski definition) is 1. The molecule has 0 saturated carbocycles. The van der Waals surface area contributed by atoms with Crippen molar-refractivity contribution in [3.8, 4) is 5.75 Å². The van der Waals surface area contributed by atoms with Gasteiger partial charge in [-0.3, -0.25) is 9.59 Å². The van der Waals surface area contributed by atoms with Crippen molar-refractivity contribution in [1.29, 1.82) is 0 Å². The normalized spacial score (nSPS) is 11.8. The quantitative estimate of drug-likeness (QED) is 0.665. The second-order valence-electron chi connectivity index (χ2n) is 7.51. The van der Waals surface area contributed by atoms with E-state index in [4.69, 9.17) is 16.3 Å². The van der Waals surface area contributed by atoms with Gasteiger partial charge < -0.3 is 15.0 Å². The van der Waals surface area contributed by atoms with E-state index in [1.807, 2.05) is 45.0 Å². The van der Waals surface area contributed by atoms with Crippen LogP contribution in [0, 0.1) is 12.8 Å². The molecule has 0 bridgehead atoms. The van der Waals surface area contributed by atoms with Gasteiger partial charge in [0.1, 0.15) is 11.8 Å². The second kappa shape index (κ2) is 10.9. The number of hydrogen-bond acceptors (Lipinski definition) is 3. The Hall–Kier alpha value is -2.53. The molecule has 2 rings (SSSR count). The van der Waals surface area contributed by atoms with Gasteiger partial charge in [-0.1, -0.05) is 55.8 Å². The van der Waals surface area contributed by atoms with Gasteiger partial charge in [-0.15, -0.1) is 0 Å². The van der Waals surface area contributed by atoms with E-state index in [-0.39, 0.29) is 18.4 Å². The molecular weight excluding hydrogens is 388 g/mol. The number of nitrogens with zero attached hydrogens (tertiary/aromatic N) is 1. The molecule has 0 aromatic heterocycles. The Balaban J connectivity index is 2.14. The lowest BCUT2D eigenvalue weighted by atomic mass is 10.1. The number of aryl methyl sites for hydroxylation is 1. The van der Waals surface area contributed by atoms with Gasteiger partial charge in [-0.2, -0.15) is 0 Å². The SMILES string of the molecule is Cc1ccccc1CN(C(=O)COc1cccc(Cl)c1)[C@@H](C)C(=O)NCC(C)C. The summed E-state index contributed by atoms with van der Waals surface area (Å²) in [5.41, 5.74) is 2.06. The standard InChI is InChI=1S/C23H29ClN2O3/c1-16(2)13-25-23(28)18(4)26(14-19-9-6-5-8-17(19)3)22(27)15-29-21-11-7-10-20(24)12-21/h5-12,16,18H,13-15H2,1-4H3,(H,25,28)/t18-/m0/s1. The first-order valence-electron chi connectivity index (χ1n) is 9.78. The molecule has 5 nitrogen and oxygen atoms in total. The van der Waals surface area contributed by atoms with Crippen molar-refractivity contribution in [3.05, 3.63) is 64.7 Å². The highest BCUT2D eigenvalue weighted by molar-refractivity contribution is 6.30. The number of amides is 2. The van der Waals surface area contributed by atoms with Gasteiger partial charge in [0.2, 0.25) is 5.91 Å². The van der Waals surface area contributed by atoms with Crippen LogP contribution in [0.15, 0.2) is 48.5 Å². The van der Waals surface area contributed by atoms with Crippen molar-refractivity contribution in [2.45, 2.75) is 40.3 Å². The Kier molecular flexibility index (Phi) is 8.52. The van der Waals surface area contributed by atoms with E-state index in [0.29, 0.717) is 29.8 Å².